The van der Waals surface area contributed by atoms with Gasteiger partial charge in [0, 0.05) is 38.5 Å². The number of amides is 1. The number of hydroxylamine groups is 1. The smallest absolute Gasteiger partial charge is 0.323 e. The third-order valence-electron chi connectivity index (χ3n) is 6.95. The van der Waals surface area contributed by atoms with Crippen molar-refractivity contribution in [3.8, 4) is 0 Å². The second-order valence-corrected chi connectivity index (χ2v) is 9.37. The van der Waals surface area contributed by atoms with Crippen LogP contribution in [0.2, 0.25) is 0 Å². The molecule has 4 fully saturated rings. The van der Waals surface area contributed by atoms with Crippen molar-refractivity contribution in [2.24, 2.45) is 11.8 Å². The van der Waals surface area contributed by atoms with Crippen LogP contribution in [0.1, 0.15) is 45.4 Å². The summed E-state index contributed by atoms with van der Waals surface area (Å²) >= 11 is 0. The number of alkyl halides is 1. The van der Waals surface area contributed by atoms with Gasteiger partial charge in [-0.05, 0) is 38.5 Å². The van der Waals surface area contributed by atoms with Crippen molar-refractivity contribution >= 4 is 11.9 Å². The average molecular weight is 442 g/mol. The van der Waals surface area contributed by atoms with Gasteiger partial charge in [-0.3, -0.25) is 19.9 Å². The molecule has 4 N–H and O–H groups in total. The zero-order valence-corrected chi connectivity index (χ0v) is 18.3. The fraction of sp³-hybridized carbons (Fsp3) is 0.905. The van der Waals surface area contributed by atoms with Gasteiger partial charge in [-0.1, -0.05) is 6.42 Å². The van der Waals surface area contributed by atoms with Crippen LogP contribution in [0.4, 0.5) is 4.39 Å². The molecule has 7 atom stereocenters. The van der Waals surface area contributed by atoms with Crippen LogP contribution >= 0.6 is 0 Å². The van der Waals surface area contributed by atoms with Gasteiger partial charge in [0.1, 0.15) is 18.3 Å². The molecule has 4 aliphatic rings. The number of halogens is 1. The van der Waals surface area contributed by atoms with E-state index in [-0.39, 0.29) is 36.0 Å². The molecule has 1 aliphatic carbocycles. The van der Waals surface area contributed by atoms with Crippen molar-refractivity contribution in [2.75, 3.05) is 32.8 Å². The first kappa shape index (κ1) is 22.8. The summed E-state index contributed by atoms with van der Waals surface area (Å²) < 4.78 is 18.7. The van der Waals surface area contributed by atoms with E-state index in [1.54, 1.807) is 6.92 Å². The second kappa shape index (κ2) is 10.5. The summed E-state index contributed by atoms with van der Waals surface area (Å²) in [5, 5.41) is 8.41. The number of carbonyl (C=O) groups excluding carboxylic acids is 2. The molecule has 0 radical (unpaired) electrons. The molecule has 0 spiro atoms. The fourth-order valence-electron chi connectivity index (χ4n) is 5.29. The van der Waals surface area contributed by atoms with E-state index in [2.05, 4.69) is 26.5 Å². The number of rotatable bonds is 7. The molecule has 3 saturated heterocycles. The molecule has 31 heavy (non-hydrogen) atoms. The van der Waals surface area contributed by atoms with Gasteiger partial charge in [0.05, 0.1) is 18.8 Å². The zero-order valence-electron chi connectivity index (χ0n) is 18.3. The van der Waals surface area contributed by atoms with Crippen molar-refractivity contribution in [2.45, 2.75) is 75.8 Å². The molecular formula is C21H36FN5O4. The summed E-state index contributed by atoms with van der Waals surface area (Å²) in [4.78, 5) is 30.3. The standard InChI is InChI=1S/C21H36FN5O4/c1-2-30-21(29)18-7-14(9-23-18)19-8-17(26-31-19)20(28)25-16-10-24-27(12-16)11-13-4-3-5-15(22)6-13/h13-19,23-24,26H,2-12H2,1H3,(H,25,28). The topological polar surface area (TPSA) is 104 Å². The van der Waals surface area contributed by atoms with E-state index in [9.17, 15) is 14.0 Å². The number of ether oxygens (including phenoxy) is 1. The number of carbonyl (C=O) groups is 2. The van der Waals surface area contributed by atoms with Gasteiger partial charge in [-0.15, -0.1) is 0 Å². The second-order valence-electron chi connectivity index (χ2n) is 9.37. The Kier molecular flexibility index (Phi) is 7.76. The molecule has 3 heterocycles. The quantitative estimate of drug-likeness (QED) is 0.410. The Hall–Kier alpha value is -1.33. The Balaban J connectivity index is 1.17. The SMILES string of the molecule is CCOC(=O)C1CC(C2CC(C(=O)NC3CNN(CC4CCCC(F)C4)C3)NO2)CN1. The zero-order chi connectivity index (χ0) is 21.8. The van der Waals surface area contributed by atoms with Crippen molar-refractivity contribution in [1.29, 1.82) is 0 Å². The monoisotopic (exact) mass is 441 g/mol. The summed E-state index contributed by atoms with van der Waals surface area (Å²) in [6.45, 7) is 5.08. The molecule has 0 aromatic carbocycles. The van der Waals surface area contributed by atoms with Crippen molar-refractivity contribution in [1.82, 2.24) is 26.5 Å². The third kappa shape index (κ3) is 5.92. The van der Waals surface area contributed by atoms with Crippen LogP contribution in [0, 0.1) is 11.8 Å². The predicted octanol–water partition coefficient (Wildman–Crippen LogP) is 0.0230. The first-order chi connectivity index (χ1) is 15.0. The minimum atomic E-state index is -0.666. The van der Waals surface area contributed by atoms with Crippen molar-refractivity contribution in [3.63, 3.8) is 0 Å². The van der Waals surface area contributed by atoms with Gasteiger partial charge in [-0.25, -0.2) is 9.40 Å². The molecule has 0 aromatic heterocycles. The van der Waals surface area contributed by atoms with E-state index in [4.69, 9.17) is 9.57 Å². The van der Waals surface area contributed by atoms with Gasteiger partial charge < -0.3 is 15.4 Å². The lowest BCUT2D eigenvalue weighted by molar-refractivity contribution is -0.145. The summed E-state index contributed by atoms with van der Waals surface area (Å²) in [5.41, 5.74) is 6.21. The Morgan fingerprint density at radius 1 is 1.19 bits per heavy atom. The van der Waals surface area contributed by atoms with Crippen LogP contribution in [-0.2, 0) is 19.2 Å². The molecule has 7 unspecified atom stereocenters. The lowest BCUT2D eigenvalue weighted by atomic mass is 9.88. The van der Waals surface area contributed by atoms with E-state index in [0.29, 0.717) is 51.3 Å². The third-order valence-corrected chi connectivity index (χ3v) is 6.95. The Morgan fingerprint density at radius 3 is 2.87 bits per heavy atom. The van der Waals surface area contributed by atoms with Crippen LogP contribution < -0.4 is 21.5 Å². The van der Waals surface area contributed by atoms with E-state index < -0.39 is 12.2 Å². The Bertz CT molecular complexity index is 641. The highest BCUT2D eigenvalue weighted by Crippen LogP contribution is 2.28. The van der Waals surface area contributed by atoms with Crippen LogP contribution in [0.25, 0.3) is 0 Å². The fourth-order valence-corrected chi connectivity index (χ4v) is 5.29. The molecular weight excluding hydrogens is 405 g/mol. The molecule has 3 aliphatic heterocycles. The van der Waals surface area contributed by atoms with Gasteiger partial charge in [0.2, 0.25) is 5.91 Å². The molecule has 0 bridgehead atoms. The molecule has 1 saturated carbocycles. The Morgan fingerprint density at radius 2 is 2.06 bits per heavy atom. The molecule has 9 nitrogen and oxygen atoms in total. The first-order valence-electron chi connectivity index (χ1n) is 11.8. The highest BCUT2D eigenvalue weighted by Gasteiger charge is 2.41. The van der Waals surface area contributed by atoms with Crippen LogP contribution in [-0.4, -0.2) is 80.1 Å². The van der Waals surface area contributed by atoms with Crippen molar-refractivity contribution < 1.29 is 23.6 Å². The first-order valence-corrected chi connectivity index (χ1v) is 11.8. The summed E-state index contributed by atoms with van der Waals surface area (Å²) in [6, 6.07) is -0.667. The van der Waals surface area contributed by atoms with Gasteiger partial charge in [-0.2, -0.15) is 5.48 Å². The normalized spacial score (nSPS) is 39.0. The molecule has 10 heteroatoms. The highest BCUT2D eigenvalue weighted by molar-refractivity contribution is 5.82. The molecule has 1 amide bonds. The largest absolute Gasteiger partial charge is 0.465 e. The molecule has 176 valence electrons. The maximum atomic E-state index is 13.6. The minimum absolute atomic E-state index is 0.0273. The van der Waals surface area contributed by atoms with Crippen LogP contribution in [0.5, 0.6) is 0 Å². The van der Waals surface area contributed by atoms with E-state index >= 15 is 0 Å². The van der Waals surface area contributed by atoms with Crippen LogP contribution in [0.3, 0.4) is 0 Å². The molecule has 0 aromatic rings. The summed E-state index contributed by atoms with van der Waals surface area (Å²) in [7, 11) is 0. The van der Waals surface area contributed by atoms with E-state index in [0.717, 1.165) is 25.9 Å². The number of esters is 1. The highest BCUT2D eigenvalue weighted by atomic mass is 19.1. The van der Waals surface area contributed by atoms with Gasteiger partial charge in [0.25, 0.3) is 0 Å². The number of hydrazine groups is 1. The molecule has 4 rings (SSSR count). The lowest BCUT2D eigenvalue weighted by Crippen LogP contribution is -2.47. The summed E-state index contributed by atoms with van der Waals surface area (Å²) in [6.07, 6.45) is 3.84. The van der Waals surface area contributed by atoms with E-state index in [1.807, 2.05) is 0 Å². The number of hydrogen-bond acceptors (Lipinski definition) is 8. The van der Waals surface area contributed by atoms with Crippen molar-refractivity contribution in [3.05, 3.63) is 0 Å². The number of nitrogens with zero attached hydrogens (tertiary/aromatic N) is 1. The average Bonchev–Trinajstić information content (AvgIpc) is 3.49. The number of hydrogen-bond donors (Lipinski definition) is 4. The lowest BCUT2D eigenvalue weighted by Gasteiger charge is -2.28. The maximum Gasteiger partial charge on any atom is 0.323 e. The predicted molar refractivity (Wildman–Crippen MR) is 111 cm³/mol. The van der Waals surface area contributed by atoms with Gasteiger partial charge >= 0.3 is 5.97 Å². The van der Waals surface area contributed by atoms with Crippen LogP contribution in [0.15, 0.2) is 0 Å². The Labute approximate surface area is 183 Å². The number of nitrogens with one attached hydrogen (secondary N) is 4. The van der Waals surface area contributed by atoms with Gasteiger partial charge in [0.15, 0.2) is 0 Å². The van der Waals surface area contributed by atoms with E-state index in [1.165, 1.54) is 0 Å². The summed E-state index contributed by atoms with van der Waals surface area (Å²) in [5.74, 6) is 0.261. The maximum absolute atomic E-state index is 13.6. The minimum Gasteiger partial charge on any atom is -0.465 e.